The second-order valence-electron chi connectivity index (χ2n) is 5.87. The van der Waals surface area contributed by atoms with Crippen LogP contribution in [0.1, 0.15) is 56.7 Å². The first-order chi connectivity index (χ1) is 9.15. The molecule has 0 amide bonds. The molecule has 3 N–H and O–H groups in total. The number of nitrogens with zero attached hydrogens (tertiary/aromatic N) is 1. The zero-order valence-electron chi connectivity index (χ0n) is 12.4. The number of hydrogen-bond acceptors (Lipinski definition) is 3. The van der Waals surface area contributed by atoms with Gasteiger partial charge in [-0.3, -0.25) is 0 Å². The Morgan fingerprint density at radius 2 is 2.21 bits per heavy atom. The Hall–Kier alpha value is -1.09. The number of nitrogens with one attached hydrogen (secondary N) is 1. The van der Waals surface area contributed by atoms with Crippen molar-refractivity contribution in [2.75, 3.05) is 12.3 Å². The van der Waals surface area contributed by atoms with Crippen LogP contribution in [-0.4, -0.2) is 11.5 Å². The molecule has 1 aromatic heterocycles. The van der Waals surface area contributed by atoms with Gasteiger partial charge in [0, 0.05) is 17.8 Å². The van der Waals surface area contributed by atoms with E-state index in [1.807, 2.05) is 6.20 Å². The predicted octanol–water partition coefficient (Wildman–Crippen LogP) is 3.45. The van der Waals surface area contributed by atoms with Gasteiger partial charge in [-0.15, -0.1) is 0 Å². The standard InChI is InChI=1S/C16H27N3/c1-4-12-6-7-13(9-12)15(18-5-2)14-8-11(3)10-19-16(14)17/h8,10,12-13,15,18H,4-7,9H2,1-3H3,(H2,17,19). The van der Waals surface area contributed by atoms with E-state index in [4.69, 9.17) is 5.73 Å². The fraction of sp³-hybridized carbons (Fsp3) is 0.688. The molecule has 1 aliphatic carbocycles. The largest absolute Gasteiger partial charge is 0.383 e. The van der Waals surface area contributed by atoms with Gasteiger partial charge in [-0.25, -0.2) is 4.98 Å². The molecule has 3 heteroatoms. The van der Waals surface area contributed by atoms with Crippen molar-refractivity contribution in [1.82, 2.24) is 10.3 Å². The first kappa shape index (κ1) is 14.3. The molecule has 1 aliphatic rings. The van der Waals surface area contributed by atoms with Gasteiger partial charge in [0.2, 0.25) is 0 Å². The molecule has 1 saturated carbocycles. The molecular weight excluding hydrogens is 234 g/mol. The van der Waals surface area contributed by atoms with Gasteiger partial charge in [-0.05, 0) is 49.8 Å². The number of aryl methyl sites for hydroxylation is 1. The molecule has 2 rings (SSSR count). The van der Waals surface area contributed by atoms with Crippen LogP contribution in [0.25, 0.3) is 0 Å². The van der Waals surface area contributed by atoms with E-state index in [0.717, 1.165) is 12.5 Å². The highest BCUT2D eigenvalue weighted by Crippen LogP contribution is 2.41. The highest BCUT2D eigenvalue weighted by molar-refractivity contribution is 5.43. The van der Waals surface area contributed by atoms with Gasteiger partial charge in [0.1, 0.15) is 5.82 Å². The van der Waals surface area contributed by atoms with Gasteiger partial charge in [-0.2, -0.15) is 0 Å². The van der Waals surface area contributed by atoms with Crippen LogP contribution in [0, 0.1) is 18.8 Å². The van der Waals surface area contributed by atoms with Crippen molar-refractivity contribution in [3.8, 4) is 0 Å². The fourth-order valence-corrected chi connectivity index (χ4v) is 3.39. The maximum absolute atomic E-state index is 6.10. The number of rotatable bonds is 5. The molecule has 1 aromatic rings. The molecule has 0 aliphatic heterocycles. The second-order valence-corrected chi connectivity index (χ2v) is 5.87. The molecule has 1 heterocycles. The first-order valence-electron chi connectivity index (χ1n) is 7.61. The molecule has 0 aromatic carbocycles. The minimum absolute atomic E-state index is 0.369. The van der Waals surface area contributed by atoms with Gasteiger partial charge >= 0.3 is 0 Å². The van der Waals surface area contributed by atoms with Crippen molar-refractivity contribution in [2.24, 2.45) is 11.8 Å². The minimum atomic E-state index is 0.369. The Labute approximate surface area is 117 Å². The molecule has 0 spiro atoms. The smallest absolute Gasteiger partial charge is 0.128 e. The number of nitrogen functional groups attached to an aromatic ring is 1. The van der Waals surface area contributed by atoms with Gasteiger partial charge in [-0.1, -0.05) is 26.7 Å². The van der Waals surface area contributed by atoms with Crippen LogP contribution in [0.4, 0.5) is 5.82 Å². The fourth-order valence-electron chi connectivity index (χ4n) is 3.39. The SMILES string of the molecule is CCNC(c1cc(C)cnc1N)C1CCC(CC)C1. The summed E-state index contributed by atoms with van der Waals surface area (Å²) in [6.07, 6.45) is 7.15. The lowest BCUT2D eigenvalue weighted by Crippen LogP contribution is -2.28. The zero-order chi connectivity index (χ0) is 13.8. The molecule has 3 unspecified atom stereocenters. The van der Waals surface area contributed by atoms with E-state index in [-0.39, 0.29) is 0 Å². The number of hydrogen-bond donors (Lipinski definition) is 2. The number of anilines is 1. The number of aromatic nitrogens is 1. The van der Waals surface area contributed by atoms with E-state index in [9.17, 15) is 0 Å². The summed E-state index contributed by atoms with van der Waals surface area (Å²) in [6.45, 7) is 7.53. The van der Waals surface area contributed by atoms with E-state index in [1.54, 1.807) is 0 Å². The lowest BCUT2D eigenvalue weighted by atomic mass is 9.90. The van der Waals surface area contributed by atoms with Crippen molar-refractivity contribution < 1.29 is 0 Å². The zero-order valence-corrected chi connectivity index (χ0v) is 12.4. The Morgan fingerprint density at radius 1 is 1.42 bits per heavy atom. The van der Waals surface area contributed by atoms with Crippen LogP contribution in [0.2, 0.25) is 0 Å². The average Bonchev–Trinajstić information content (AvgIpc) is 2.88. The summed E-state index contributed by atoms with van der Waals surface area (Å²) in [7, 11) is 0. The third-order valence-corrected chi connectivity index (χ3v) is 4.48. The van der Waals surface area contributed by atoms with Crippen molar-refractivity contribution in [2.45, 2.75) is 52.5 Å². The maximum atomic E-state index is 6.10. The third kappa shape index (κ3) is 3.27. The van der Waals surface area contributed by atoms with Gasteiger partial charge in [0.05, 0.1) is 0 Å². The minimum Gasteiger partial charge on any atom is -0.383 e. The molecule has 3 atom stereocenters. The van der Waals surface area contributed by atoms with E-state index >= 15 is 0 Å². The molecule has 0 bridgehead atoms. The maximum Gasteiger partial charge on any atom is 0.128 e. The molecule has 0 saturated heterocycles. The van der Waals surface area contributed by atoms with Crippen LogP contribution < -0.4 is 11.1 Å². The number of pyridine rings is 1. The van der Waals surface area contributed by atoms with Crippen LogP contribution in [0.3, 0.4) is 0 Å². The topological polar surface area (TPSA) is 50.9 Å². The second kappa shape index (κ2) is 6.38. The van der Waals surface area contributed by atoms with E-state index in [2.05, 4.69) is 37.1 Å². The highest BCUT2D eigenvalue weighted by Gasteiger charge is 2.31. The summed E-state index contributed by atoms with van der Waals surface area (Å²) in [5.41, 5.74) is 8.49. The summed E-state index contributed by atoms with van der Waals surface area (Å²) in [5, 5.41) is 3.63. The Kier molecular flexibility index (Phi) is 4.81. The third-order valence-electron chi connectivity index (χ3n) is 4.48. The number of nitrogens with two attached hydrogens (primary N) is 1. The van der Waals surface area contributed by atoms with Crippen LogP contribution >= 0.6 is 0 Å². The molecule has 1 fully saturated rings. The summed E-state index contributed by atoms with van der Waals surface area (Å²) in [6, 6.07) is 2.57. The van der Waals surface area contributed by atoms with E-state index < -0.39 is 0 Å². The van der Waals surface area contributed by atoms with E-state index in [1.165, 1.54) is 36.8 Å². The van der Waals surface area contributed by atoms with Crippen LogP contribution in [0.5, 0.6) is 0 Å². The molecule has 106 valence electrons. The lowest BCUT2D eigenvalue weighted by Gasteiger charge is -2.26. The lowest BCUT2D eigenvalue weighted by molar-refractivity contribution is 0.359. The van der Waals surface area contributed by atoms with Gasteiger partial charge in [0.15, 0.2) is 0 Å². The monoisotopic (exact) mass is 261 g/mol. The van der Waals surface area contributed by atoms with Crippen molar-refractivity contribution >= 4 is 5.82 Å². The quantitative estimate of drug-likeness (QED) is 0.853. The summed E-state index contributed by atoms with van der Waals surface area (Å²) < 4.78 is 0. The molecule has 19 heavy (non-hydrogen) atoms. The summed E-state index contributed by atoms with van der Waals surface area (Å²) in [4.78, 5) is 4.33. The van der Waals surface area contributed by atoms with Crippen LogP contribution in [-0.2, 0) is 0 Å². The Balaban J connectivity index is 2.22. The van der Waals surface area contributed by atoms with Gasteiger partial charge < -0.3 is 11.1 Å². The van der Waals surface area contributed by atoms with E-state index in [0.29, 0.717) is 17.8 Å². The van der Waals surface area contributed by atoms with Crippen molar-refractivity contribution in [3.63, 3.8) is 0 Å². The summed E-state index contributed by atoms with van der Waals surface area (Å²) in [5.74, 6) is 2.29. The predicted molar refractivity (Wildman–Crippen MR) is 80.9 cm³/mol. The van der Waals surface area contributed by atoms with Crippen molar-refractivity contribution in [3.05, 3.63) is 23.4 Å². The highest BCUT2D eigenvalue weighted by atomic mass is 14.9. The average molecular weight is 261 g/mol. The Bertz CT molecular complexity index is 416. The van der Waals surface area contributed by atoms with Crippen molar-refractivity contribution in [1.29, 1.82) is 0 Å². The summed E-state index contributed by atoms with van der Waals surface area (Å²) >= 11 is 0. The molecule has 0 radical (unpaired) electrons. The molecule has 3 nitrogen and oxygen atoms in total. The Morgan fingerprint density at radius 3 is 2.84 bits per heavy atom. The molecular formula is C16H27N3. The normalized spacial score (nSPS) is 24.6. The van der Waals surface area contributed by atoms with Gasteiger partial charge in [0.25, 0.3) is 0 Å². The van der Waals surface area contributed by atoms with Crippen LogP contribution in [0.15, 0.2) is 12.3 Å². The first-order valence-corrected chi connectivity index (χ1v) is 7.61.